The number of carbonyl (C=O) groups excluding carboxylic acids is 1. The maximum absolute atomic E-state index is 12.8. The number of benzene rings is 1. The highest BCUT2D eigenvalue weighted by Crippen LogP contribution is 2.34. The largest absolute Gasteiger partial charge is 0.418 e. The molecule has 7 heteroatoms. The molecule has 4 nitrogen and oxygen atoms in total. The van der Waals surface area contributed by atoms with Crippen LogP contribution in [0.5, 0.6) is 0 Å². The molecule has 1 aromatic rings. The predicted octanol–water partition coefficient (Wildman–Crippen LogP) is 2.76. The van der Waals surface area contributed by atoms with Gasteiger partial charge in [0, 0.05) is 13.6 Å². The number of alkyl halides is 3. The van der Waals surface area contributed by atoms with E-state index in [-0.39, 0.29) is 11.6 Å². The van der Waals surface area contributed by atoms with Crippen LogP contribution in [0, 0.1) is 5.92 Å². The standard InChI is InChI=1S/C13H18F3N3O/c1-9(7-17)8-19(2)12(20)18-11-6-4-3-5-10(11)13(14,15)16/h3-6,9H,7-8,17H2,1-2H3,(H,18,20). The Balaban J connectivity index is 2.81. The van der Waals surface area contributed by atoms with E-state index in [0.717, 1.165) is 6.07 Å². The van der Waals surface area contributed by atoms with E-state index in [4.69, 9.17) is 5.73 Å². The number of amides is 2. The zero-order chi connectivity index (χ0) is 15.3. The lowest BCUT2D eigenvalue weighted by atomic mass is 10.1. The van der Waals surface area contributed by atoms with E-state index in [2.05, 4.69) is 5.32 Å². The monoisotopic (exact) mass is 289 g/mol. The van der Waals surface area contributed by atoms with Crippen LogP contribution in [0.15, 0.2) is 24.3 Å². The number of hydrogen-bond acceptors (Lipinski definition) is 2. The minimum absolute atomic E-state index is 0.0728. The van der Waals surface area contributed by atoms with Gasteiger partial charge in [-0.3, -0.25) is 0 Å². The molecule has 0 aliphatic carbocycles. The molecule has 0 bridgehead atoms. The molecule has 1 unspecified atom stereocenters. The zero-order valence-corrected chi connectivity index (χ0v) is 11.4. The zero-order valence-electron chi connectivity index (χ0n) is 11.4. The summed E-state index contributed by atoms with van der Waals surface area (Å²) in [4.78, 5) is 13.2. The molecule has 112 valence electrons. The van der Waals surface area contributed by atoms with Crippen molar-refractivity contribution in [1.82, 2.24) is 4.90 Å². The summed E-state index contributed by atoms with van der Waals surface area (Å²) in [6.07, 6.45) is -4.51. The predicted molar refractivity (Wildman–Crippen MR) is 71.3 cm³/mol. The summed E-state index contributed by atoms with van der Waals surface area (Å²) in [5.41, 5.74) is 4.33. The van der Waals surface area contributed by atoms with Crippen LogP contribution in [-0.2, 0) is 6.18 Å². The highest BCUT2D eigenvalue weighted by Gasteiger charge is 2.33. The molecule has 0 heterocycles. The topological polar surface area (TPSA) is 58.4 Å². The molecule has 0 saturated heterocycles. The van der Waals surface area contributed by atoms with Gasteiger partial charge in [0.2, 0.25) is 0 Å². The number of nitrogens with two attached hydrogens (primary N) is 1. The van der Waals surface area contributed by atoms with Gasteiger partial charge in [-0.2, -0.15) is 13.2 Å². The summed E-state index contributed by atoms with van der Waals surface area (Å²) in [6.45, 7) is 2.63. The van der Waals surface area contributed by atoms with E-state index in [1.165, 1.54) is 30.1 Å². The Morgan fingerprint density at radius 2 is 2.00 bits per heavy atom. The molecule has 1 atom stereocenters. The lowest BCUT2D eigenvalue weighted by Gasteiger charge is -2.22. The fourth-order valence-corrected chi connectivity index (χ4v) is 1.67. The Labute approximate surface area is 115 Å². The molecule has 0 fully saturated rings. The van der Waals surface area contributed by atoms with Gasteiger partial charge in [0.25, 0.3) is 0 Å². The number of rotatable bonds is 4. The van der Waals surface area contributed by atoms with E-state index in [1.807, 2.05) is 6.92 Å². The second-order valence-corrected chi connectivity index (χ2v) is 4.69. The average molecular weight is 289 g/mol. The van der Waals surface area contributed by atoms with E-state index in [0.29, 0.717) is 13.1 Å². The van der Waals surface area contributed by atoms with Crippen LogP contribution in [0.1, 0.15) is 12.5 Å². The first-order valence-corrected chi connectivity index (χ1v) is 6.14. The van der Waals surface area contributed by atoms with Crippen LogP contribution in [0.4, 0.5) is 23.7 Å². The SMILES string of the molecule is CC(CN)CN(C)C(=O)Nc1ccccc1C(F)(F)F. The van der Waals surface area contributed by atoms with Crippen LogP contribution in [0.25, 0.3) is 0 Å². The lowest BCUT2D eigenvalue weighted by Crippen LogP contribution is -2.36. The first-order valence-electron chi connectivity index (χ1n) is 6.14. The molecule has 0 radical (unpaired) electrons. The third-order valence-electron chi connectivity index (χ3n) is 2.81. The van der Waals surface area contributed by atoms with Crippen molar-refractivity contribution in [3.8, 4) is 0 Å². The number of urea groups is 1. The number of carbonyl (C=O) groups is 1. The fourth-order valence-electron chi connectivity index (χ4n) is 1.67. The van der Waals surface area contributed by atoms with Gasteiger partial charge in [0.1, 0.15) is 0 Å². The van der Waals surface area contributed by atoms with Gasteiger partial charge in [0.05, 0.1) is 11.3 Å². The van der Waals surface area contributed by atoms with Crippen LogP contribution >= 0.6 is 0 Å². The second-order valence-electron chi connectivity index (χ2n) is 4.69. The van der Waals surface area contributed by atoms with E-state index in [1.54, 1.807) is 0 Å². The summed E-state index contributed by atoms with van der Waals surface area (Å²) in [5.74, 6) is 0.0728. The Bertz CT molecular complexity index is 462. The number of anilines is 1. The third-order valence-corrected chi connectivity index (χ3v) is 2.81. The van der Waals surface area contributed by atoms with Crippen LogP contribution < -0.4 is 11.1 Å². The van der Waals surface area contributed by atoms with Crippen molar-refractivity contribution < 1.29 is 18.0 Å². The fraction of sp³-hybridized carbons (Fsp3) is 0.462. The maximum atomic E-state index is 12.8. The van der Waals surface area contributed by atoms with Gasteiger partial charge in [-0.05, 0) is 24.6 Å². The minimum Gasteiger partial charge on any atom is -0.330 e. The average Bonchev–Trinajstić information content (AvgIpc) is 2.37. The number of halogens is 3. The molecule has 3 N–H and O–H groups in total. The molecule has 0 aromatic heterocycles. The molecule has 0 aliphatic heterocycles. The smallest absolute Gasteiger partial charge is 0.330 e. The van der Waals surface area contributed by atoms with Crippen molar-refractivity contribution in [2.24, 2.45) is 11.7 Å². The molecule has 0 saturated carbocycles. The highest BCUT2D eigenvalue weighted by molar-refractivity contribution is 5.90. The van der Waals surface area contributed by atoms with Gasteiger partial charge >= 0.3 is 12.2 Å². The van der Waals surface area contributed by atoms with Crippen molar-refractivity contribution in [1.29, 1.82) is 0 Å². The first kappa shape index (κ1) is 16.3. The number of para-hydroxylation sites is 1. The maximum Gasteiger partial charge on any atom is 0.418 e. The third kappa shape index (κ3) is 4.41. The van der Waals surface area contributed by atoms with Crippen molar-refractivity contribution >= 4 is 11.7 Å². The molecule has 20 heavy (non-hydrogen) atoms. The molecular formula is C13H18F3N3O. The number of nitrogens with one attached hydrogen (secondary N) is 1. The van der Waals surface area contributed by atoms with Gasteiger partial charge < -0.3 is 16.0 Å². The van der Waals surface area contributed by atoms with Crippen LogP contribution in [0.2, 0.25) is 0 Å². The van der Waals surface area contributed by atoms with Crippen LogP contribution in [0.3, 0.4) is 0 Å². The summed E-state index contributed by atoms with van der Waals surface area (Å²) in [5, 5.41) is 2.27. The Morgan fingerprint density at radius 1 is 1.40 bits per heavy atom. The number of hydrogen-bond donors (Lipinski definition) is 2. The van der Waals surface area contributed by atoms with Gasteiger partial charge in [-0.25, -0.2) is 4.79 Å². The normalized spacial score (nSPS) is 12.9. The van der Waals surface area contributed by atoms with E-state index >= 15 is 0 Å². The molecule has 0 aliphatic rings. The number of nitrogens with zero attached hydrogens (tertiary/aromatic N) is 1. The van der Waals surface area contributed by atoms with Gasteiger partial charge in [-0.1, -0.05) is 19.1 Å². The van der Waals surface area contributed by atoms with Crippen molar-refractivity contribution in [3.63, 3.8) is 0 Å². The highest BCUT2D eigenvalue weighted by atomic mass is 19.4. The Kier molecular flexibility index (Phi) is 5.38. The molecular weight excluding hydrogens is 271 g/mol. The van der Waals surface area contributed by atoms with Crippen molar-refractivity contribution in [2.75, 3.05) is 25.5 Å². The van der Waals surface area contributed by atoms with E-state index < -0.39 is 17.8 Å². The molecule has 1 aromatic carbocycles. The second kappa shape index (κ2) is 6.60. The lowest BCUT2D eigenvalue weighted by molar-refractivity contribution is -0.136. The summed E-state index contributed by atoms with van der Waals surface area (Å²) in [6, 6.07) is 4.27. The van der Waals surface area contributed by atoms with Gasteiger partial charge in [0.15, 0.2) is 0 Å². The van der Waals surface area contributed by atoms with Gasteiger partial charge in [-0.15, -0.1) is 0 Å². The molecule has 1 rings (SSSR count). The summed E-state index contributed by atoms with van der Waals surface area (Å²) < 4.78 is 38.3. The van der Waals surface area contributed by atoms with Crippen molar-refractivity contribution in [2.45, 2.75) is 13.1 Å². The van der Waals surface area contributed by atoms with E-state index in [9.17, 15) is 18.0 Å². The Hall–Kier alpha value is -1.76. The first-order chi connectivity index (χ1) is 9.25. The van der Waals surface area contributed by atoms with Crippen molar-refractivity contribution in [3.05, 3.63) is 29.8 Å². The minimum atomic E-state index is -4.51. The molecule has 0 spiro atoms. The quantitative estimate of drug-likeness (QED) is 0.895. The Morgan fingerprint density at radius 3 is 2.55 bits per heavy atom. The summed E-state index contributed by atoms with van der Waals surface area (Å²) >= 11 is 0. The van der Waals surface area contributed by atoms with Crippen LogP contribution in [-0.4, -0.2) is 31.1 Å². The molecule has 2 amide bonds. The summed E-state index contributed by atoms with van der Waals surface area (Å²) in [7, 11) is 1.51.